The van der Waals surface area contributed by atoms with Crippen LogP contribution in [0.3, 0.4) is 0 Å². The molecular weight excluding hydrogens is 249 g/mol. The van der Waals surface area contributed by atoms with Crippen molar-refractivity contribution >= 4 is 5.91 Å². The Morgan fingerprint density at radius 2 is 1.83 bits per heavy atom. The molecule has 7 heteroatoms. The lowest BCUT2D eigenvalue weighted by Crippen LogP contribution is -2.50. The van der Waals surface area contributed by atoms with Gasteiger partial charge in [0.15, 0.2) is 0 Å². The number of nitrogens with two attached hydrogens (primary N) is 1. The van der Waals surface area contributed by atoms with Crippen LogP contribution in [0.1, 0.15) is 34.1 Å². The van der Waals surface area contributed by atoms with Gasteiger partial charge in [-0.25, -0.2) is 0 Å². The van der Waals surface area contributed by atoms with Gasteiger partial charge in [-0.2, -0.15) is 13.2 Å². The average Bonchev–Trinajstić information content (AvgIpc) is 2.11. The molecule has 0 unspecified atom stereocenters. The number of hydrogen-bond acceptors (Lipinski definition) is 3. The number of ether oxygens (including phenoxy) is 1. The highest BCUT2D eigenvalue weighted by molar-refractivity contribution is 5.82. The zero-order valence-corrected chi connectivity index (χ0v) is 11.1. The summed E-state index contributed by atoms with van der Waals surface area (Å²) in [5.74, 6) is -0.643. The number of carbonyl (C=O) groups excluding carboxylic acids is 1. The molecule has 0 saturated heterocycles. The largest absolute Gasteiger partial charge is 0.390 e. The van der Waals surface area contributed by atoms with E-state index in [1.807, 2.05) is 0 Å². The van der Waals surface area contributed by atoms with Gasteiger partial charge in [0.1, 0.15) is 6.04 Å². The van der Waals surface area contributed by atoms with Gasteiger partial charge in [0, 0.05) is 6.54 Å². The first-order valence-corrected chi connectivity index (χ1v) is 5.70. The Bertz CT molecular complexity index is 274. The maximum atomic E-state index is 11.9. The Kier molecular flexibility index (Phi) is 6.09. The van der Waals surface area contributed by atoms with Crippen LogP contribution in [-0.4, -0.2) is 36.4 Å². The van der Waals surface area contributed by atoms with Crippen molar-refractivity contribution in [3.05, 3.63) is 0 Å². The Balaban J connectivity index is 4.10. The van der Waals surface area contributed by atoms with Gasteiger partial charge >= 0.3 is 6.18 Å². The summed E-state index contributed by atoms with van der Waals surface area (Å²) in [4.78, 5) is 11.5. The van der Waals surface area contributed by atoms with Crippen molar-refractivity contribution < 1.29 is 22.7 Å². The van der Waals surface area contributed by atoms with Gasteiger partial charge in [-0.1, -0.05) is 0 Å². The van der Waals surface area contributed by atoms with E-state index >= 15 is 0 Å². The van der Waals surface area contributed by atoms with Crippen LogP contribution in [0.5, 0.6) is 0 Å². The van der Waals surface area contributed by atoms with E-state index in [0.717, 1.165) is 0 Å². The second kappa shape index (κ2) is 6.38. The molecule has 0 aromatic rings. The van der Waals surface area contributed by atoms with Crippen molar-refractivity contribution in [3.63, 3.8) is 0 Å². The number of nitrogens with one attached hydrogen (secondary N) is 1. The average molecular weight is 270 g/mol. The molecule has 0 fully saturated rings. The van der Waals surface area contributed by atoms with E-state index in [2.05, 4.69) is 5.32 Å². The van der Waals surface area contributed by atoms with Crippen LogP contribution in [0.25, 0.3) is 0 Å². The summed E-state index contributed by atoms with van der Waals surface area (Å²) in [6.07, 6.45) is -5.93. The molecule has 4 nitrogen and oxygen atoms in total. The third-order valence-electron chi connectivity index (χ3n) is 2.06. The Morgan fingerprint density at radius 1 is 1.33 bits per heavy atom. The van der Waals surface area contributed by atoms with Crippen molar-refractivity contribution in [3.8, 4) is 0 Å². The normalized spacial score (nSPS) is 16.2. The first-order chi connectivity index (χ1) is 7.92. The maximum absolute atomic E-state index is 11.9. The molecule has 2 atom stereocenters. The molecule has 0 rings (SSSR count). The lowest BCUT2D eigenvalue weighted by Gasteiger charge is -2.28. The van der Waals surface area contributed by atoms with E-state index in [-0.39, 0.29) is 0 Å². The first-order valence-electron chi connectivity index (χ1n) is 5.70. The summed E-state index contributed by atoms with van der Waals surface area (Å²) in [5, 5.41) is 2.14. The standard InChI is InChI=1S/C11H21F3N2O2/c1-7(18-10(2,3)4)8(15)9(17)16-6-5-11(12,13)14/h7-8H,5-6,15H2,1-4H3,(H,16,17)/t7-,8+/m1/s1. The second-order valence-corrected chi connectivity index (χ2v) is 5.12. The van der Waals surface area contributed by atoms with E-state index in [1.165, 1.54) is 0 Å². The minimum absolute atomic E-state index is 0.469. The fraction of sp³-hybridized carbons (Fsp3) is 0.909. The van der Waals surface area contributed by atoms with E-state index in [1.54, 1.807) is 27.7 Å². The molecule has 108 valence electrons. The summed E-state index contributed by atoms with van der Waals surface area (Å²) >= 11 is 0. The predicted octanol–water partition coefficient (Wildman–Crippen LogP) is 1.59. The molecular formula is C11H21F3N2O2. The van der Waals surface area contributed by atoms with E-state index < -0.39 is 42.8 Å². The van der Waals surface area contributed by atoms with Crippen molar-refractivity contribution in [1.29, 1.82) is 0 Å². The number of rotatable bonds is 5. The Hall–Kier alpha value is -0.820. The molecule has 3 N–H and O–H groups in total. The molecule has 0 spiro atoms. The molecule has 0 heterocycles. The summed E-state index contributed by atoms with van der Waals surface area (Å²) in [6.45, 7) is 6.55. The van der Waals surface area contributed by atoms with Crippen LogP contribution >= 0.6 is 0 Å². The molecule has 0 radical (unpaired) electrons. The Labute approximate surface area is 105 Å². The summed E-state index contributed by atoms with van der Waals surface area (Å²) in [6, 6.07) is -0.988. The molecule has 0 aromatic carbocycles. The fourth-order valence-corrected chi connectivity index (χ4v) is 1.29. The van der Waals surface area contributed by atoms with E-state index in [4.69, 9.17) is 10.5 Å². The second-order valence-electron chi connectivity index (χ2n) is 5.12. The van der Waals surface area contributed by atoms with Gasteiger partial charge < -0.3 is 15.8 Å². The van der Waals surface area contributed by atoms with Gasteiger partial charge in [0.05, 0.1) is 18.1 Å². The third-order valence-corrected chi connectivity index (χ3v) is 2.06. The Morgan fingerprint density at radius 3 is 2.22 bits per heavy atom. The zero-order valence-electron chi connectivity index (χ0n) is 11.1. The van der Waals surface area contributed by atoms with Crippen LogP contribution in [0.4, 0.5) is 13.2 Å². The van der Waals surface area contributed by atoms with Gasteiger partial charge in [-0.05, 0) is 27.7 Å². The SMILES string of the molecule is C[C@@H](OC(C)(C)C)[C@H](N)C(=O)NCCC(F)(F)F. The number of alkyl halides is 3. The van der Waals surface area contributed by atoms with Gasteiger partial charge in [-0.3, -0.25) is 4.79 Å². The van der Waals surface area contributed by atoms with Gasteiger partial charge in [0.25, 0.3) is 0 Å². The fourth-order valence-electron chi connectivity index (χ4n) is 1.29. The van der Waals surface area contributed by atoms with Crippen molar-refractivity contribution in [2.24, 2.45) is 5.73 Å². The van der Waals surface area contributed by atoms with Crippen LogP contribution < -0.4 is 11.1 Å². The molecule has 0 aliphatic carbocycles. The quantitative estimate of drug-likeness (QED) is 0.797. The highest BCUT2D eigenvalue weighted by Crippen LogP contribution is 2.18. The molecule has 0 aliphatic heterocycles. The third kappa shape index (κ3) is 8.30. The van der Waals surface area contributed by atoms with Crippen molar-refractivity contribution in [2.45, 2.75) is 58.0 Å². The molecule has 0 bridgehead atoms. The molecule has 18 heavy (non-hydrogen) atoms. The van der Waals surface area contributed by atoms with Crippen molar-refractivity contribution in [1.82, 2.24) is 5.32 Å². The topological polar surface area (TPSA) is 64.3 Å². The number of hydrogen-bond donors (Lipinski definition) is 2. The summed E-state index contributed by atoms with van der Waals surface area (Å²) in [5.41, 5.74) is 5.13. The van der Waals surface area contributed by atoms with Crippen LogP contribution in [0, 0.1) is 0 Å². The molecule has 1 amide bonds. The van der Waals surface area contributed by atoms with Crippen LogP contribution in [0.15, 0.2) is 0 Å². The monoisotopic (exact) mass is 270 g/mol. The minimum atomic E-state index is -4.29. The lowest BCUT2D eigenvalue weighted by atomic mass is 10.1. The minimum Gasteiger partial charge on any atom is -0.371 e. The molecule has 0 saturated carbocycles. The predicted molar refractivity (Wildman–Crippen MR) is 62.0 cm³/mol. The smallest absolute Gasteiger partial charge is 0.371 e. The molecule has 0 aliphatic rings. The van der Waals surface area contributed by atoms with E-state index in [0.29, 0.717) is 0 Å². The first kappa shape index (κ1) is 17.2. The highest BCUT2D eigenvalue weighted by Gasteiger charge is 2.29. The van der Waals surface area contributed by atoms with Crippen LogP contribution in [-0.2, 0) is 9.53 Å². The number of amides is 1. The van der Waals surface area contributed by atoms with E-state index in [9.17, 15) is 18.0 Å². The number of halogens is 3. The molecule has 0 aromatic heterocycles. The van der Waals surface area contributed by atoms with Gasteiger partial charge in [0.2, 0.25) is 5.91 Å². The lowest BCUT2D eigenvalue weighted by molar-refractivity contribution is -0.137. The van der Waals surface area contributed by atoms with Gasteiger partial charge in [-0.15, -0.1) is 0 Å². The zero-order chi connectivity index (χ0) is 14.6. The van der Waals surface area contributed by atoms with Crippen LogP contribution in [0.2, 0.25) is 0 Å². The van der Waals surface area contributed by atoms with Crippen molar-refractivity contribution in [2.75, 3.05) is 6.54 Å². The summed E-state index contributed by atoms with van der Waals surface area (Å²) < 4.78 is 41.1. The highest BCUT2D eigenvalue weighted by atomic mass is 19.4. The summed E-state index contributed by atoms with van der Waals surface area (Å²) in [7, 11) is 0. The number of carbonyl (C=O) groups is 1. The maximum Gasteiger partial charge on any atom is 0.390 e.